The van der Waals surface area contributed by atoms with Gasteiger partial charge in [0, 0.05) is 19.3 Å². The van der Waals surface area contributed by atoms with Crippen LogP contribution in [0.15, 0.2) is 34.5 Å². The van der Waals surface area contributed by atoms with Crippen LogP contribution in [0.4, 0.5) is 5.69 Å². The summed E-state index contributed by atoms with van der Waals surface area (Å²) in [5, 5.41) is 16.0. The minimum absolute atomic E-state index is 0.0689. The largest absolute Gasteiger partial charge is 0.395 e. The second kappa shape index (κ2) is 6.49. The molecule has 0 aliphatic carbocycles. The summed E-state index contributed by atoms with van der Waals surface area (Å²) in [5.74, 6) is -0.0689. The van der Waals surface area contributed by atoms with Crippen LogP contribution in [-0.2, 0) is 0 Å². The lowest BCUT2D eigenvalue weighted by atomic mass is 10.2. The van der Waals surface area contributed by atoms with Gasteiger partial charge in [-0.25, -0.2) is 0 Å². The number of benzene rings is 1. The predicted molar refractivity (Wildman–Crippen MR) is 70.2 cm³/mol. The molecule has 92 valence electrons. The zero-order chi connectivity index (χ0) is 12.7. The van der Waals surface area contributed by atoms with Crippen LogP contribution < -0.4 is 16.4 Å². The highest BCUT2D eigenvalue weighted by atomic mass is 16.3. The van der Waals surface area contributed by atoms with E-state index < -0.39 is 0 Å². The zero-order valence-electron chi connectivity index (χ0n) is 9.74. The third kappa shape index (κ3) is 4.52. The molecule has 0 fully saturated rings. The van der Waals surface area contributed by atoms with Crippen molar-refractivity contribution in [3.63, 3.8) is 0 Å². The molecule has 0 heterocycles. The Hall–Kier alpha value is -2.08. The molecule has 0 bridgehead atoms. The SMILES string of the molecule is CN(CCO)c1ccc(/C=N/N=C(N)N)cc1. The Bertz CT molecular complexity index is 395. The van der Waals surface area contributed by atoms with Gasteiger partial charge in [0.15, 0.2) is 0 Å². The molecule has 0 unspecified atom stereocenters. The maximum atomic E-state index is 8.82. The summed E-state index contributed by atoms with van der Waals surface area (Å²) in [4.78, 5) is 1.96. The minimum atomic E-state index is -0.0689. The van der Waals surface area contributed by atoms with E-state index in [2.05, 4.69) is 10.2 Å². The molecule has 1 aromatic rings. The number of rotatable bonds is 5. The summed E-state index contributed by atoms with van der Waals surface area (Å²) in [5.41, 5.74) is 12.2. The fourth-order valence-corrected chi connectivity index (χ4v) is 1.26. The number of anilines is 1. The van der Waals surface area contributed by atoms with Gasteiger partial charge in [0.2, 0.25) is 5.96 Å². The van der Waals surface area contributed by atoms with Crippen LogP contribution in [0.3, 0.4) is 0 Å². The number of guanidine groups is 1. The van der Waals surface area contributed by atoms with E-state index in [9.17, 15) is 0 Å². The number of nitrogens with zero attached hydrogens (tertiary/aromatic N) is 3. The van der Waals surface area contributed by atoms with Crippen molar-refractivity contribution in [1.29, 1.82) is 0 Å². The molecule has 6 heteroatoms. The Morgan fingerprint density at radius 2 is 2.00 bits per heavy atom. The Labute approximate surface area is 100 Å². The Morgan fingerprint density at radius 1 is 1.35 bits per heavy atom. The first-order valence-electron chi connectivity index (χ1n) is 5.17. The number of hydrogen-bond donors (Lipinski definition) is 3. The smallest absolute Gasteiger partial charge is 0.211 e. The van der Waals surface area contributed by atoms with Gasteiger partial charge in [-0.1, -0.05) is 12.1 Å². The summed E-state index contributed by atoms with van der Waals surface area (Å²) in [6, 6.07) is 7.67. The van der Waals surface area contributed by atoms with Crippen molar-refractivity contribution >= 4 is 17.9 Å². The second-order valence-corrected chi connectivity index (χ2v) is 3.51. The molecule has 0 saturated heterocycles. The molecule has 5 N–H and O–H groups in total. The Morgan fingerprint density at radius 3 is 2.53 bits per heavy atom. The van der Waals surface area contributed by atoms with Crippen molar-refractivity contribution in [2.75, 3.05) is 25.1 Å². The van der Waals surface area contributed by atoms with Crippen LogP contribution in [0.1, 0.15) is 5.56 Å². The maximum absolute atomic E-state index is 8.82. The lowest BCUT2D eigenvalue weighted by molar-refractivity contribution is 0.304. The number of hydrogen-bond acceptors (Lipinski definition) is 4. The average Bonchev–Trinajstić information content (AvgIpc) is 2.30. The molecular formula is C11H17N5O. The van der Waals surface area contributed by atoms with Crippen molar-refractivity contribution in [3.8, 4) is 0 Å². The van der Waals surface area contributed by atoms with Gasteiger partial charge in [0.25, 0.3) is 0 Å². The van der Waals surface area contributed by atoms with Crippen LogP contribution >= 0.6 is 0 Å². The third-order valence-corrected chi connectivity index (χ3v) is 2.15. The second-order valence-electron chi connectivity index (χ2n) is 3.51. The molecule has 0 amide bonds. The maximum Gasteiger partial charge on any atom is 0.211 e. The van der Waals surface area contributed by atoms with Gasteiger partial charge >= 0.3 is 0 Å². The van der Waals surface area contributed by atoms with E-state index in [4.69, 9.17) is 16.6 Å². The molecule has 1 rings (SSSR count). The topological polar surface area (TPSA) is 100 Å². The van der Waals surface area contributed by atoms with Crippen molar-refractivity contribution in [1.82, 2.24) is 0 Å². The Kier molecular flexibility index (Phi) is 4.96. The fourth-order valence-electron chi connectivity index (χ4n) is 1.26. The molecule has 0 atom stereocenters. The van der Waals surface area contributed by atoms with Gasteiger partial charge in [-0.15, -0.1) is 5.10 Å². The van der Waals surface area contributed by atoms with E-state index in [1.165, 1.54) is 0 Å². The monoisotopic (exact) mass is 235 g/mol. The number of aliphatic hydroxyl groups is 1. The van der Waals surface area contributed by atoms with Gasteiger partial charge in [-0.05, 0) is 17.7 Å². The normalized spacial score (nSPS) is 10.5. The molecule has 0 saturated carbocycles. The summed E-state index contributed by atoms with van der Waals surface area (Å²) < 4.78 is 0. The third-order valence-electron chi connectivity index (χ3n) is 2.15. The van der Waals surface area contributed by atoms with Crippen LogP contribution in [0.2, 0.25) is 0 Å². The van der Waals surface area contributed by atoms with Crippen molar-refractivity contribution in [3.05, 3.63) is 29.8 Å². The molecule has 17 heavy (non-hydrogen) atoms. The molecule has 6 nitrogen and oxygen atoms in total. The van der Waals surface area contributed by atoms with E-state index in [1.54, 1.807) is 6.21 Å². The van der Waals surface area contributed by atoms with Crippen molar-refractivity contribution < 1.29 is 5.11 Å². The highest BCUT2D eigenvalue weighted by molar-refractivity contribution is 5.82. The van der Waals surface area contributed by atoms with E-state index >= 15 is 0 Å². The van der Waals surface area contributed by atoms with E-state index in [0.717, 1.165) is 11.3 Å². The fraction of sp³-hybridized carbons (Fsp3) is 0.273. The van der Waals surface area contributed by atoms with Gasteiger partial charge in [-0.2, -0.15) is 5.10 Å². The van der Waals surface area contributed by atoms with Crippen molar-refractivity contribution in [2.24, 2.45) is 21.7 Å². The summed E-state index contributed by atoms with van der Waals surface area (Å²) in [7, 11) is 1.92. The lowest BCUT2D eigenvalue weighted by Gasteiger charge is -2.17. The quantitative estimate of drug-likeness (QED) is 0.371. The molecule has 0 aliphatic rings. The number of likely N-dealkylation sites (N-methyl/N-ethyl adjacent to an activating group) is 1. The number of nitrogens with two attached hydrogens (primary N) is 2. The van der Waals surface area contributed by atoms with Crippen LogP contribution in [0.5, 0.6) is 0 Å². The minimum Gasteiger partial charge on any atom is -0.395 e. The average molecular weight is 235 g/mol. The first-order chi connectivity index (χ1) is 8.13. The van der Waals surface area contributed by atoms with Gasteiger partial charge in [-0.3, -0.25) is 0 Å². The summed E-state index contributed by atoms with van der Waals surface area (Å²) >= 11 is 0. The zero-order valence-corrected chi connectivity index (χ0v) is 9.74. The van der Waals surface area contributed by atoms with Crippen LogP contribution in [0.25, 0.3) is 0 Å². The predicted octanol–water partition coefficient (Wildman–Crippen LogP) is -0.278. The molecule has 1 aromatic carbocycles. The van der Waals surface area contributed by atoms with Gasteiger partial charge in [0.05, 0.1) is 12.8 Å². The first-order valence-corrected chi connectivity index (χ1v) is 5.17. The lowest BCUT2D eigenvalue weighted by Crippen LogP contribution is -2.21. The van der Waals surface area contributed by atoms with Crippen LogP contribution in [-0.4, -0.2) is 37.5 Å². The highest BCUT2D eigenvalue weighted by Gasteiger charge is 1.98. The van der Waals surface area contributed by atoms with E-state index in [-0.39, 0.29) is 12.6 Å². The van der Waals surface area contributed by atoms with Crippen molar-refractivity contribution in [2.45, 2.75) is 0 Å². The van der Waals surface area contributed by atoms with Gasteiger partial charge in [0.1, 0.15) is 0 Å². The van der Waals surface area contributed by atoms with Crippen LogP contribution in [0, 0.1) is 0 Å². The molecule has 0 radical (unpaired) electrons. The molecule has 0 aromatic heterocycles. The molecular weight excluding hydrogens is 218 g/mol. The molecule has 0 spiro atoms. The standard InChI is InChI=1S/C11H17N5O/c1-16(6-7-17)10-4-2-9(3-5-10)8-14-15-11(12)13/h2-5,8,17H,6-7H2,1H3,(H4,12,13,15)/b14-8+. The van der Waals surface area contributed by atoms with E-state index in [0.29, 0.717) is 6.54 Å². The van der Waals surface area contributed by atoms with E-state index in [1.807, 2.05) is 36.2 Å². The summed E-state index contributed by atoms with van der Waals surface area (Å²) in [6.07, 6.45) is 1.57. The number of aliphatic hydroxyl groups excluding tert-OH is 1. The van der Waals surface area contributed by atoms with Gasteiger partial charge < -0.3 is 21.5 Å². The first kappa shape index (κ1) is 13.0. The highest BCUT2D eigenvalue weighted by Crippen LogP contribution is 2.12. The Balaban J connectivity index is 2.68. The molecule has 0 aliphatic heterocycles. The summed E-state index contributed by atoms with van der Waals surface area (Å²) in [6.45, 7) is 0.728.